The van der Waals surface area contributed by atoms with Gasteiger partial charge in [0.2, 0.25) is 0 Å². The standard InChI is InChI=1S/C13H19NOS/c1-15-8-4-7-14-9-11-10-16-13-6-3-2-5-12(11)13/h2-3,5-6,11,14H,4,7-10H2,1H3. The van der Waals surface area contributed by atoms with E-state index in [1.54, 1.807) is 7.11 Å². The second-order valence-electron chi connectivity index (χ2n) is 4.10. The number of nitrogens with one attached hydrogen (secondary N) is 1. The normalized spacial score (nSPS) is 18.7. The molecule has 88 valence electrons. The lowest BCUT2D eigenvalue weighted by atomic mass is 10.0. The van der Waals surface area contributed by atoms with Gasteiger partial charge in [-0.2, -0.15) is 0 Å². The average Bonchev–Trinajstić information content (AvgIpc) is 2.73. The van der Waals surface area contributed by atoms with Crippen LogP contribution >= 0.6 is 11.8 Å². The van der Waals surface area contributed by atoms with Gasteiger partial charge in [-0.1, -0.05) is 18.2 Å². The van der Waals surface area contributed by atoms with Gasteiger partial charge < -0.3 is 10.1 Å². The van der Waals surface area contributed by atoms with Crippen molar-refractivity contribution < 1.29 is 4.74 Å². The van der Waals surface area contributed by atoms with Crippen LogP contribution in [0.2, 0.25) is 0 Å². The van der Waals surface area contributed by atoms with Gasteiger partial charge in [-0.05, 0) is 24.6 Å². The minimum Gasteiger partial charge on any atom is -0.385 e. The van der Waals surface area contributed by atoms with Crippen molar-refractivity contribution in [3.63, 3.8) is 0 Å². The smallest absolute Gasteiger partial charge is 0.0474 e. The van der Waals surface area contributed by atoms with Gasteiger partial charge in [0.05, 0.1) is 0 Å². The van der Waals surface area contributed by atoms with Crippen LogP contribution in [0.3, 0.4) is 0 Å². The van der Waals surface area contributed by atoms with Crippen LogP contribution in [0.25, 0.3) is 0 Å². The highest BCUT2D eigenvalue weighted by Gasteiger charge is 2.21. The van der Waals surface area contributed by atoms with E-state index in [2.05, 4.69) is 29.6 Å². The lowest BCUT2D eigenvalue weighted by molar-refractivity contribution is 0.194. The van der Waals surface area contributed by atoms with E-state index in [4.69, 9.17) is 4.74 Å². The highest BCUT2D eigenvalue weighted by atomic mass is 32.2. The Kier molecular flexibility index (Phi) is 4.69. The largest absolute Gasteiger partial charge is 0.385 e. The molecule has 0 aliphatic carbocycles. The third-order valence-electron chi connectivity index (χ3n) is 2.89. The van der Waals surface area contributed by atoms with E-state index in [0.717, 1.165) is 26.1 Å². The van der Waals surface area contributed by atoms with Crippen molar-refractivity contribution in [1.29, 1.82) is 0 Å². The van der Waals surface area contributed by atoms with Crippen molar-refractivity contribution in [2.45, 2.75) is 17.2 Å². The van der Waals surface area contributed by atoms with E-state index < -0.39 is 0 Å². The molecule has 0 saturated heterocycles. The second-order valence-corrected chi connectivity index (χ2v) is 5.16. The summed E-state index contributed by atoms with van der Waals surface area (Å²) in [5.74, 6) is 1.90. The van der Waals surface area contributed by atoms with Crippen LogP contribution < -0.4 is 5.32 Å². The maximum atomic E-state index is 5.03. The molecule has 2 nitrogen and oxygen atoms in total. The Hall–Kier alpha value is -0.510. The topological polar surface area (TPSA) is 21.3 Å². The summed E-state index contributed by atoms with van der Waals surface area (Å²) in [7, 11) is 1.75. The van der Waals surface area contributed by atoms with E-state index >= 15 is 0 Å². The first-order valence-corrected chi connectivity index (χ1v) is 6.81. The van der Waals surface area contributed by atoms with Crippen molar-refractivity contribution in [2.75, 3.05) is 32.6 Å². The average molecular weight is 237 g/mol. The molecule has 1 aliphatic rings. The first-order valence-electron chi connectivity index (χ1n) is 5.83. The van der Waals surface area contributed by atoms with Gasteiger partial charge in [0.25, 0.3) is 0 Å². The Labute approximate surface area is 102 Å². The predicted molar refractivity (Wildman–Crippen MR) is 69.3 cm³/mol. The highest BCUT2D eigenvalue weighted by Crippen LogP contribution is 2.38. The lowest BCUT2D eigenvalue weighted by Crippen LogP contribution is -2.23. The fourth-order valence-electron chi connectivity index (χ4n) is 2.02. The molecule has 1 aromatic carbocycles. The molecule has 1 unspecified atom stereocenters. The molecule has 16 heavy (non-hydrogen) atoms. The number of ether oxygens (including phenoxy) is 1. The van der Waals surface area contributed by atoms with Crippen LogP contribution in [0.4, 0.5) is 0 Å². The molecule has 0 fully saturated rings. The van der Waals surface area contributed by atoms with Crippen LogP contribution in [0.5, 0.6) is 0 Å². The zero-order valence-corrected chi connectivity index (χ0v) is 10.6. The number of fused-ring (bicyclic) bond motifs is 1. The molecule has 1 aromatic rings. The van der Waals surface area contributed by atoms with Gasteiger partial charge >= 0.3 is 0 Å². The Morgan fingerprint density at radius 1 is 1.44 bits per heavy atom. The molecule has 0 aromatic heterocycles. The lowest BCUT2D eigenvalue weighted by Gasteiger charge is -2.11. The van der Waals surface area contributed by atoms with Crippen molar-refractivity contribution in [3.05, 3.63) is 29.8 Å². The van der Waals surface area contributed by atoms with Crippen molar-refractivity contribution >= 4 is 11.8 Å². The SMILES string of the molecule is COCCCNCC1CSc2ccccc21. The quantitative estimate of drug-likeness (QED) is 0.768. The van der Waals surface area contributed by atoms with E-state index in [9.17, 15) is 0 Å². The summed E-state index contributed by atoms with van der Waals surface area (Å²) in [4.78, 5) is 1.46. The second kappa shape index (κ2) is 6.28. The number of benzene rings is 1. The Bertz CT molecular complexity index is 329. The fraction of sp³-hybridized carbons (Fsp3) is 0.538. The Balaban J connectivity index is 1.76. The van der Waals surface area contributed by atoms with Crippen molar-refractivity contribution in [3.8, 4) is 0 Å². The van der Waals surface area contributed by atoms with Crippen LogP contribution in [-0.2, 0) is 4.74 Å². The van der Waals surface area contributed by atoms with Gasteiger partial charge in [0.1, 0.15) is 0 Å². The third kappa shape index (κ3) is 3.00. The molecule has 0 amide bonds. The number of rotatable bonds is 6. The van der Waals surface area contributed by atoms with E-state index in [-0.39, 0.29) is 0 Å². The zero-order valence-electron chi connectivity index (χ0n) is 9.74. The summed E-state index contributed by atoms with van der Waals surface area (Å²) >= 11 is 1.98. The molecule has 3 heteroatoms. The van der Waals surface area contributed by atoms with E-state index in [1.165, 1.54) is 16.2 Å². The summed E-state index contributed by atoms with van der Waals surface area (Å²) in [6.45, 7) is 2.99. The van der Waals surface area contributed by atoms with Crippen molar-refractivity contribution in [1.82, 2.24) is 5.32 Å². The molecule has 2 rings (SSSR count). The maximum Gasteiger partial charge on any atom is 0.0474 e. The first-order chi connectivity index (χ1) is 7.92. The number of thioether (sulfide) groups is 1. The van der Waals surface area contributed by atoms with Crippen molar-refractivity contribution in [2.24, 2.45) is 0 Å². The number of hydrogen-bond acceptors (Lipinski definition) is 3. The van der Waals surface area contributed by atoms with Gasteiger partial charge in [0, 0.05) is 36.8 Å². The summed E-state index contributed by atoms with van der Waals surface area (Å²) < 4.78 is 5.03. The highest BCUT2D eigenvalue weighted by molar-refractivity contribution is 7.99. The molecule has 1 N–H and O–H groups in total. The molecule has 0 bridgehead atoms. The monoisotopic (exact) mass is 237 g/mol. The molecule has 1 heterocycles. The van der Waals surface area contributed by atoms with E-state index in [1.807, 2.05) is 11.8 Å². The van der Waals surface area contributed by atoms with E-state index in [0.29, 0.717) is 5.92 Å². The van der Waals surface area contributed by atoms with Gasteiger partial charge in [-0.15, -0.1) is 11.8 Å². The van der Waals surface area contributed by atoms with Crippen LogP contribution in [0, 0.1) is 0 Å². The van der Waals surface area contributed by atoms with Gasteiger partial charge in [-0.25, -0.2) is 0 Å². The fourth-order valence-corrected chi connectivity index (χ4v) is 3.27. The Morgan fingerprint density at radius 2 is 2.31 bits per heavy atom. The molecule has 0 radical (unpaired) electrons. The zero-order chi connectivity index (χ0) is 11.2. The molecule has 1 atom stereocenters. The van der Waals surface area contributed by atoms with Crippen LogP contribution in [-0.4, -0.2) is 32.6 Å². The first kappa shape index (κ1) is 12.0. The summed E-state index contributed by atoms with van der Waals surface area (Å²) in [6.07, 6.45) is 1.10. The Morgan fingerprint density at radius 3 is 3.19 bits per heavy atom. The number of methoxy groups -OCH3 is 1. The van der Waals surface area contributed by atoms with Crippen LogP contribution in [0.1, 0.15) is 17.9 Å². The summed E-state index contributed by atoms with van der Waals surface area (Å²) in [5.41, 5.74) is 1.52. The molecular formula is C13H19NOS. The minimum atomic E-state index is 0.684. The maximum absolute atomic E-state index is 5.03. The van der Waals surface area contributed by atoms with Gasteiger partial charge in [-0.3, -0.25) is 0 Å². The van der Waals surface area contributed by atoms with Crippen LogP contribution in [0.15, 0.2) is 29.2 Å². The predicted octanol–water partition coefficient (Wildman–Crippen LogP) is 2.50. The summed E-state index contributed by atoms with van der Waals surface area (Å²) in [6, 6.07) is 8.75. The third-order valence-corrected chi connectivity index (χ3v) is 4.14. The summed E-state index contributed by atoms with van der Waals surface area (Å²) in [5, 5.41) is 3.51. The van der Waals surface area contributed by atoms with Gasteiger partial charge in [0.15, 0.2) is 0 Å². The minimum absolute atomic E-state index is 0.684. The molecule has 1 aliphatic heterocycles. The molecule has 0 spiro atoms. The number of hydrogen-bond donors (Lipinski definition) is 1. The molecule has 0 saturated carbocycles. The molecular weight excluding hydrogens is 218 g/mol.